The summed E-state index contributed by atoms with van der Waals surface area (Å²) in [6, 6.07) is 16.5. The van der Waals surface area contributed by atoms with Crippen LogP contribution in [0.2, 0.25) is 0 Å². The van der Waals surface area contributed by atoms with Gasteiger partial charge in [0.1, 0.15) is 0 Å². The highest BCUT2D eigenvalue weighted by Gasteiger charge is 2.33. The van der Waals surface area contributed by atoms with Crippen molar-refractivity contribution < 1.29 is 14.4 Å². The Balaban J connectivity index is 1.44. The number of aromatic amines is 1. The predicted molar refractivity (Wildman–Crippen MR) is 107 cm³/mol. The van der Waals surface area contributed by atoms with E-state index in [0.717, 1.165) is 22.5 Å². The lowest BCUT2D eigenvalue weighted by atomic mass is 10.0. The molecule has 30 heavy (non-hydrogen) atoms. The van der Waals surface area contributed by atoms with Gasteiger partial charge in [0.2, 0.25) is 11.7 Å². The molecule has 150 valence electrons. The summed E-state index contributed by atoms with van der Waals surface area (Å²) in [6.45, 7) is 1.27. The number of aromatic nitrogens is 4. The van der Waals surface area contributed by atoms with Gasteiger partial charge in [0.05, 0.1) is 29.3 Å². The molecule has 0 fully saturated rings. The van der Waals surface area contributed by atoms with Crippen LogP contribution in [-0.4, -0.2) is 36.1 Å². The molecule has 4 aromatic rings. The van der Waals surface area contributed by atoms with Crippen molar-refractivity contribution in [3.63, 3.8) is 0 Å². The summed E-state index contributed by atoms with van der Waals surface area (Å²) in [7, 11) is 0. The summed E-state index contributed by atoms with van der Waals surface area (Å²) in [4.78, 5) is 25.6. The summed E-state index contributed by atoms with van der Waals surface area (Å²) >= 11 is 0. The van der Waals surface area contributed by atoms with Crippen molar-refractivity contribution in [2.45, 2.75) is 25.6 Å². The quantitative estimate of drug-likeness (QED) is 0.527. The zero-order valence-electron chi connectivity index (χ0n) is 16.0. The highest BCUT2D eigenvalue weighted by molar-refractivity contribution is 5.87. The van der Waals surface area contributed by atoms with Crippen molar-refractivity contribution in [2.24, 2.45) is 0 Å². The molecule has 0 saturated heterocycles. The van der Waals surface area contributed by atoms with Crippen LogP contribution in [0.1, 0.15) is 39.2 Å². The average Bonchev–Trinajstić information content (AvgIpc) is 3.43. The topological polar surface area (TPSA) is 108 Å². The molecule has 8 nitrogen and oxygen atoms in total. The zero-order valence-corrected chi connectivity index (χ0v) is 16.0. The molecule has 3 heterocycles. The van der Waals surface area contributed by atoms with Crippen molar-refractivity contribution in [2.75, 3.05) is 0 Å². The molecule has 5 rings (SSSR count). The molecule has 0 saturated carbocycles. The summed E-state index contributed by atoms with van der Waals surface area (Å²) < 4.78 is 5.65. The van der Waals surface area contributed by atoms with Crippen molar-refractivity contribution in [3.8, 4) is 11.4 Å². The number of nitrogens with zero attached hydrogens (tertiary/aromatic N) is 4. The SMILES string of the molecule is O=C(O)c1ccc(CN2Cc3[nH]cnc3C[C@H]2c2nc(-c3ccccc3)no2)cc1. The first kappa shape index (κ1) is 18.3. The zero-order chi connectivity index (χ0) is 20.5. The molecule has 8 heteroatoms. The van der Waals surface area contributed by atoms with E-state index in [1.807, 2.05) is 42.5 Å². The van der Waals surface area contributed by atoms with E-state index in [9.17, 15) is 4.79 Å². The van der Waals surface area contributed by atoms with Crippen molar-refractivity contribution in [1.29, 1.82) is 0 Å². The van der Waals surface area contributed by atoms with Crippen LogP contribution in [-0.2, 0) is 19.5 Å². The van der Waals surface area contributed by atoms with Gasteiger partial charge in [0.25, 0.3) is 0 Å². The van der Waals surface area contributed by atoms with Gasteiger partial charge in [-0.05, 0) is 17.7 Å². The van der Waals surface area contributed by atoms with Gasteiger partial charge in [0, 0.05) is 25.1 Å². The van der Waals surface area contributed by atoms with Crippen LogP contribution >= 0.6 is 0 Å². The van der Waals surface area contributed by atoms with Gasteiger partial charge < -0.3 is 14.6 Å². The predicted octanol–water partition coefficient (Wildman–Crippen LogP) is 3.46. The molecule has 1 atom stereocenters. The molecule has 1 aliphatic rings. The summed E-state index contributed by atoms with van der Waals surface area (Å²) in [5.41, 5.74) is 4.25. The number of hydrogen-bond acceptors (Lipinski definition) is 6. The number of benzene rings is 2. The Kier molecular flexibility index (Phi) is 4.61. The lowest BCUT2D eigenvalue weighted by Crippen LogP contribution is -2.34. The maximum absolute atomic E-state index is 11.1. The maximum atomic E-state index is 11.1. The van der Waals surface area contributed by atoms with Gasteiger partial charge in [-0.1, -0.05) is 47.6 Å². The molecule has 2 aromatic heterocycles. The monoisotopic (exact) mass is 401 g/mol. The van der Waals surface area contributed by atoms with Crippen molar-refractivity contribution in [1.82, 2.24) is 25.0 Å². The van der Waals surface area contributed by atoms with E-state index in [2.05, 4.69) is 25.0 Å². The minimum Gasteiger partial charge on any atom is -0.478 e. The van der Waals surface area contributed by atoms with Gasteiger partial charge in [-0.3, -0.25) is 4.90 Å². The molecule has 1 aliphatic heterocycles. The minimum absolute atomic E-state index is 0.120. The van der Waals surface area contributed by atoms with E-state index in [1.54, 1.807) is 18.5 Å². The normalized spacial score (nSPS) is 16.3. The number of aromatic carboxylic acids is 1. The van der Waals surface area contributed by atoms with Crippen LogP contribution in [0.4, 0.5) is 0 Å². The lowest BCUT2D eigenvalue weighted by Gasteiger charge is -2.32. The number of carbonyl (C=O) groups is 1. The second-order valence-electron chi connectivity index (χ2n) is 7.28. The van der Waals surface area contributed by atoms with Crippen molar-refractivity contribution in [3.05, 3.63) is 89.3 Å². The number of carboxylic acids is 1. The lowest BCUT2D eigenvalue weighted by molar-refractivity contribution is 0.0697. The van der Waals surface area contributed by atoms with E-state index in [4.69, 9.17) is 9.63 Å². The van der Waals surface area contributed by atoms with Crippen LogP contribution < -0.4 is 0 Å². The highest BCUT2D eigenvalue weighted by atomic mass is 16.5. The van der Waals surface area contributed by atoms with E-state index in [-0.39, 0.29) is 11.6 Å². The fourth-order valence-electron chi connectivity index (χ4n) is 3.76. The van der Waals surface area contributed by atoms with Gasteiger partial charge in [-0.2, -0.15) is 4.98 Å². The van der Waals surface area contributed by atoms with Crippen LogP contribution in [0.5, 0.6) is 0 Å². The Morgan fingerprint density at radius 1 is 1.17 bits per heavy atom. The molecular weight excluding hydrogens is 382 g/mol. The maximum Gasteiger partial charge on any atom is 0.335 e. The van der Waals surface area contributed by atoms with Gasteiger partial charge in [-0.15, -0.1) is 0 Å². The first-order chi connectivity index (χ1) is 14.7. The Bertz CT molecular complexity index is 1170. The number of fused-ring (bicyclic) bond motifs is 1. The fourth-order valence-corrected chi connectivity index (χ4v) is 3.76. The van der Waals surface area contributed by atoms with Crippen LogP contribution in [0.25, 0.3) is 11.4 Å². The fraction of sp³-hybridized carbons (Fsp3) is 0.182. The number of rotatable bonds is 5. The number of carboxylic acid groups (broad SMARTS) is 1. The van der Waals surface area contributed by atoms with Crippen LogP contribution in [0, 0.1) is 0 Å². The van der Waals surface area contributed by atoms with Gasteiger partial charge in [-0.25, -0.2) is 9.78 Å². The largest absolute Gasteiger partial charge is 0.478 e. The Morgan fingerprint density at radius 2 is 1.97 bits per heavy atom. The third-order valence-electron chi connectivity index (χ3n) is 5.34. The molecule has 0 aliphatic carbocycles. The van der Waals surface area contributed by atoms with E-state index in [1.165, 1.54) is 0 Å². The third-order valence-corrected chi connectivity index (χ3v) is 5.34. The summed E-state index contributed by atoms with van der Waals surface area (Å²) in [5, 5.41) is 13.3. The Hall–Kier alpha value is -3.78. The third kappa shape index (κ3) is 3.48. The summed E-state index contributed by atoms with van der Waals surface area (Å²) in [6.07, 6.45) is 2.36. The standard InChI is InChI=1S/C22H19N5O3/c28-22(29)16-8-6-14(7-9-16)11-27-12-18-17(23-13-24-18)10-19(27)21-25-20(26-30-21)15-4-2-1-3-5-15/h1-9,13,19H,10-12H2,(H,23,24)(H,28,29)/t19-/m0/s1. The van der Waals surface area contributed by atoms with Crippen molar-refractivity contribution >= 4 is 5.97 Å². The van der Waals surface area contributed by atoms with Crippen LogP contribution in [0.3, 0.4) is 0 Å². The number of H-pyrrole nitrogens is 1. The van der Waals surface area contributed by atoms with Gasteiger partial charge in [0.15, 0.2) is 0 Å². The Morgan fingerprint density at radius 3 is 2.73 bits per heavy atom. The molecule has 2 N–H and O–H groups in total. The summed E-state index contributed by atoms with van der Waals surface area (Å²) in [5.74, 6) is 0.174. The van der Waals surface area contributed by atoms with E-state index in [0.29, 0.717) is 31.2 Å². The smallest absolute Gasteiger partial charge is 0.335 e. The van der Waals surface area contributed by atoms with E-state index >= 15 is 0 Å². The highest BCUT2D eigenvalue weighted by Crippen LogP contribution is 2.33. The molecule has 0 amide bonds. The van der Waals surface area contributed by atoms with Crippen LogP contribution in [0.15, 0.2) is 65.4 Å². The van der Waals surface area contributed by atoms with Gasteiger partial charge >= 0.3 is 5.97 Å². The second kappa shape index (κ2) is 7.57. The molecular formula is C22H19N5O3. The molecule has 2 aromatic carbocycles. The number of imidazole rings is 1. The molecule has 0 radical (unpaired) electrons. The average molecular weight is 401 g/mol. The van der Waals surface area contributed by atoms with E-state index < -0.39 is 5.97 Å². The first-order valence-electron chi connectivity index (χ1n) is 9.64. The Labute approximate surface area is 172 Å². The second-order valence-corrected chi connectivity index (χ2v) is 7.28. The number of hydrogen-bond donors (Lipinski definition) is 2. The first-order valence-corrected chi connectivity index (χ1v) is 9.64. The minimum atomic E-state index is -0.932. The molecule has 0 unspecified atom stereocenters. The number of nitrogens with one attached hydrogen (secondary N) is 1. The molecule has 0 bridgehead atoms. The molecule has 0 spiro atoms.